The third-order valence-corrected chi connectivity index (χ3v) is 4.41. The first kappa shape index (κ1) is 20.6. The number of ketones is 1. The Morgan fingerprint density at radius 2 is 1.17 bits per heavy atom. The summed E-state index contributed by atoms with van der Waals surface area (Å²) in [6.07, 6.45) is 0. The minimum absolute atomic E-state index is 0.0590. The van der Waals surface area contributed by atoms with Crippen LogP contribution in [0, 0.1) is 0 Å². The minimum Gasteiger partial charge on any atom is -0.423 e. The molecule has 0 radical (unpaired) electrons. The summed E-state index contributed by atoms with van der Waals surface area (Å²) in [6.45, 7) is 1.32. The third-order valence-electron chi connectivity index (χ3n) is 3.90. The normalized spacial score (nSPS) is 10.3. The van der Waals surface area contributed by atoms with E-state index >= 15 is 0 Å². The SMILES string of the molecule is CC(=O)c1cc(OC(=O)c2ccc(Cl)cc2)ccc1OC(=O)c1ccc(Cl)cc1. The van der Waals surface area contributed by atoms with Crippen LogP contribution >= 0.6 is 23.2 Å². The molecule has 0 aliphatic rings. The second-order valence-electron chi connectivity index (χ2n) is 6.01. The fourth-order valence-electron chi connectivity index (χ4n) is 2.43. The maximum atomic E-state index is 12.3. The number of benzene rings is 3. The number of hydrogen-bond donors (Lipinski definition) is 0. The van der Waals surface area contributed by atoms with Gasteiger partial charge in [-0.15, -0.1) is 0 Å². The molecule has 29 heavy (non-hydrogen) atoms. The van der Waals surface area contributed by atoms with Crippen LogP contribution in [-0.4, -0.2) is 17.7 Å². The Morgan fingerprint density at radius 1 is 0.690 bits per heavy atom. The van der Waals surface area contributed by atoms with Gasteiger partial charge >= 0.3 is 11.9 Å². The van der Waals surface area contributed by atoms with Gasteiger partial charge in [-0.3, -0.25) is 4.79 Å². The van der Waals surface area contributed by atoms with Gasteiger partial charge in [-0.25, -0.2) is 9.59 Å². The summed E-state index contributed by atoms with van der Waals surface area (Å²) in [6, 6.07) is 16.5. The van der Waals surface area contributed by atoms with Gasteiger partial charge in [0, 0.05) is 10.0 Å². The van der Waals surface area contributed by atoms with E-state index < -0.39 is 11.9 Å². The van der Waals surface area contributed by atoms with Crippen LogP contribution in [-0.2, 0) is 0 Å². The molecule has 0 fully saturated rings. The fourth-order valence-corrected chi connectivity index (χ4v) is 2.69. The van der Waals surface area contributed by atoms with Gasteiger partial charge in [0.05, 0.1) is 16.7 Å². The third kappa shape index (κ3) is 5.22. The van der Waals surface area contributed by atoms with Crippen molar-refractivity contribution in [3.8, 4) is 11.5 Å². The summed E-state index contributed by atoms with van der Waals surface area (Å²) >= 11 is 11.6. The molecule has 0 saturated carbocycles. The molecule has 0 aliphatic carbocycles. The first-order valence-corrected chi connectivity index (χ1v) is 9.19. The molecule has 0 saturated heterocycles. The van der Waals surface area contributed by atoms with Crippen molar-refractivity contribution in [1.82, 2.24) is 0 Å². The quantitative estimate of drug-likeness (QED) is 0.299. The predicted molar refractivity (Wildman–Crippen MR) is 109 cm³/mol. The van der Waals surface area contributed by atoms with Gasteiger partial charge in [0.2, 0.25) is 0 Å². The van der Waals surface area contributed by atoms with Crippen LogP contribution < -0.4 is 9.47 Å². The van der Waals surface area contributed by atoms with Crippen LogP contribution in [0.15, 0.2) is 66.7 Å². The van der Waals surface area contributed by atoms with E-state index in [2.05, 4.69) is 0 Å². The molecular weight excluding hydrogens is 415 g/mol. The maximum absolute atomic E-state index is 12.3. The number of hydrogen-bond acceptors (Lipinski definition) is 5. The van der Waals surface area contributed by atoms with E-state index in [4.69, 9.17) is 32.7 Å². The van der Waals surface area contributed by atoms with Crippen LogP contribution in [0.5, 0.6) is 11.5 Å². The number of rotatable bonds is 5. The van der Waals surface area contributed by atoms with E-state index in [1.807, 2.05) is 0 Å². The lowest BCUT2D eigenvalue weighted by atomic mass is 10.1. The van der Waals surface area contributed by atoms with Gasteiger partial charge < -0.3 is 9.47 Å². The van der Waals surface area contributed by atoms with Crippen molar-refractivity contribution >= 4 is 40.9 Å². The Morgan fingerprint density at radius 3 is 1.66 bits per heavy atom. The van der Waals surface area contributed by atoms with Crippen molar-refractivity contribution in [2.45, 2.75) is 6.92 Å². The lowest BCUT2D eigenvalue weighted by Gasteiger charge is -2.11. The second kappa shape index (κ2) is 8.90. The Balaban J connectivity index is 1.80. The van der Waals surface area contributed by atoms with Gasteiger partial charge in [0.1, 0.15) is 11.5 Å². The molecule has 0 unspecified atom stereocenters. The first-order chi connectivity index (χ1) is 13.8. The zero-order valence-corrected chi connectivity index (χ0v) is 16.7. The Bertz CT molecular complexity index is 1070. The van der Waals surface area contributed by atoms with E-state index in [0.29, 0.717) is 15.6 Å². The molecule has 0 heterocycles. The van der Waals surface area contributed by atoms with Gasteiger partial charge in [-0.2, -0.15) is 0 Å². The highest BCUT2D eigenvalue weighted by Gasteiger charge is 2.17. The average Bonchev–Trinajstić information content (AvgIpc) is 2.69. The Hall–Kier alpha value is -3.15. The number of carbonyl (C=O) groups excluding carboxylic acids is 3. The van der Waals surface area contributed by atoms with Crippen LogP contribution in [0.3, 0.4) is 0 Å². The minimum atomic E-state index is -0.643. The highest BCUT2D eigenvalue weighted by Crippen LogP contribution is 2.26. The van der Waals surface area contributed by atoms with E-state index in [-0.39, 0.29) is 28.4 Å². The Labute approximate surface area is 176 Å². The molecule has 3 aromatic carbocycles. The predicted octanol–water partition coefficient (Wildman–Crippen LogP) is 5.63. The fraction of sp³-hybridized carbons (Fsp3) is 0.0455. The smallest absolute Gasteiger partial charge is 0.343 e. The van der Waals surface area contributed by atoms with Crippen molar-refractivity contribution in [2.75, 3.05) is 0 Å². The zero-order chi connectivity index (χ0) is 21.0. The van der Waals surface area contributed by atoms with Gasteiger partial charge in [0.15, 0.2) is 5.78 Å². The highest BCUT2D eigenvalue weighted by molar-refractivity contribution is 6.31. The molecule has 0 spiro atoms. The molecule has 0 N–H and O–H groups in total. The molecule has 0 amide bonds. The van der Waals surface area contributed by atoms with Crippen molar-refractivity contribution in [3.05, 3.63) is 93.5 Å². The number of halogens is 2. The molecule has 3 aromatic rings. The molecule has 0 bridgehead atoms. The first-order valence-electron chi connectivity index (χ1n) is 8.44. The highest BCUT2D eigenvalue weighted by atomic mass is 35.5. The summed E-state index contributed by atoms with van der Waals surface area (Å²) in [5, 5.41) is 0.977. The topological polar surface area (TPSA) is 69.7 Å². The van der Waals surface area contributed by atoms with Crippen LogP contribution in [0.4, 0.5) is 0 Å². The lowest BCUT2D eigenvalue weighted by molar-refractivity contribution is 0.0716. The van der Waals surface area contributed by atoms with Gasteiger partial charge in [-0.05, 0) is 73.7 Å². The standard InChI is InChI=1S/C22H14Cl2O5/c1-13(25)19-12-18(28-21(26)14-2-6-16(23)7-3-14)10-11-20(19)29-22(27)15-4-8-17(24)9-5-15/h2-12H,1H3. The number of esters is 2. The molecule has 7 heteroatoms. The van der Waals surface area contributed by atoms with Crippen molar-refractivity contribution in [1.29, 1.82) is 0 Å². The van der Waals surface area contributed by atoms with Crippen molar-refractivity contribution in [3.63, 3.8) is 0 Å². The maximum Gasteiger partial charge on any atom is 0.343 e. The summed E-state index contributed by atoms with van der Waals surface area (Å²) in [5.41, 5.74) is 0.688. The molecular formula is C22H14Cl2O5. The molecule has 0 aliphatic heterocycles. The largest absolute Gasteiger partial charge is 0.423 e. The number of ether oxygens (including phenoxy) is 2. The van der Waals surface area contributed by atoms with E-state index in [1.165, 1.54) is 49.4 Å². The summed E-state index contributed by atoms with van der Waals surface area (Å²) in [4.78, 5) is 36.5. The Kier molecular flexibility index (Phi) is 6.32. The van der Waals surface area contributed by atoms with Crippen molar-refractivity contribution in [2.24, 2.45) is 0 Å². The monoisotopic (exact) mass is 428 g/mol. The molecule has 146 valence electrons. The molecule has 0 aromatic heterocycles. The zero-order valence-electron chi connectivity index (χ0n) is 15.1. The van der Waals surface area contributed by atoms with Crippen LogP contribution in [0.2, 0.25) is 10.0 Å². The number of carbonyl (C=O) groups is 3. The van der Waals surface area contributed by atoms with Crippen molar-refractivity contribution < 1.29 is 23.9 Å². The van der Waals surface area contributed by atoms with Crippen LogP contribution in [0.25, 0.3) is 0 Å². The van der Waals surface area contributed by atoms with Crippen LogP contribution in [0.1, 0.15) is 38.0 Å². The summed E-state index contributed by atoms with van der Waals surface area (Å²) < 4.78 is 10.6. The molecule has 0 atom stereocenters. The van der Waals surface area contributed by atoms with E-state index in [9.17, 15) is 14.4 Å². The van der Waals surface area contributed by atoms with E-state index in [0.717, 1.165) is 0 Å². The number of Topliss-reactive ketones (excluding diaryl/α,β-unsaturated/α-hetero) is 1. The van der Waals surface area contributed by atoms with E-state index in [1.54, 1.807) is 24.3 Å². The van der Waals surface area contributed by atoms with Gasteiger partial charge in [-0.1, -0.05) is 23.2 Å². The summed E-state index contributed by atoms with van der Waals surface area (Å²) in [7, 11) is 0. The van der Waals surface area contributed by atoms with Gasteiger partial charge in [0.25, 0.3) is 0 Å². The lowest BCUT2D eigenvalue weighted by Crippen LogP contribution is -2.12. The molecule has 5 nitrogen and oxygen atoms in total. The second-order valence-corrected chi connectivity index (χ2v) is 6.88. The summed E-state index contributed by atoms with van der Waals surface area (Å²) in [5.74, 6) is -1.41. The average molecular weight is 429 g/mol. The molecule has 3 rings (SSSR count).